The van der Waals surface area contributed by atoms with Crippen molar-refractivity contribution >= 4 is 27.6 Å². The van der Waals surface area contributed by atoms with Crippen molar-refractivity contribution in [1.29, 1.82) is 0 Å². The number of benzene rings is 1. The van der Waals surface area contributed by atoms with Crippen LogP contribution in [0.15, 0.2) is 18.2 Å². The third-order valence-electron chi connectivity index (χ3n) is 4.53. The highest BCUT2D eigenvalue weighted by molar-refractivity contribution is 7.13. The van der Waals surface area contributed by atoms with Crippen molar-refractivity contribution in [1.82, 2.24) is 9.27 Å². The Kier molecular flexibility index (Phi) is 3.08. The summed E-state index contributed by atoms with van der Waals surface area (Å²) in [7, 11) is 0. The van der Waals surface area contributed by atoms with Crippen molar-refractivity contribution < 1.29 is 14.6 Å². The van der Waals surface area contributed by atoms with E-state index in [0.717, 1.165) is 17.0 Å². The van der Waals surface area contributed by atoms with Crippen LogP contribution in [0.2, 0.25) is 0 Å². The van der Waals surface area contributed by atoms with Crippen LogP contribution in [0.1, 0.15) is 23.3 Å². The van der Waals surface area contributed by atoms with Gasteiger partial charge in [0.1, 0.15) is 11.9 Å². The Balaban J connectivity index is 1.58. The van der Waals surface area contributed by atoms with Crippen LogP contribution >= 0.6 is 11.5 Å². The van der Waals surface area contributed by atoms with Gasteiger partial charge in [0.15, 0.2) is 5.69 Å². The largest absolute Gasteiger partial charge is 0.489 e. The molecule has 6 heteroatoms. The number of aromatic carboxylic acids is 1. The second kappa shape index (κ2) is 4.96. The molecule has 4 heterocycles. The van der Waals surface area contributed by atoms with Gasteiger partial charge in [-0.1, -0.05) is 0 Å². The molecule has 1 unspecified atom stereocenters. The minimum absolute atomic E-state index is 0.129. The molecule has 0 radical (unpaired) electrons. The lowest BCUT2D eigenvalue weighted by Crippen LogP contribution is -2.52. The zero-order valence-electron chi connectivity index (χ0n) is 11.5. The fourth-order valence-corrected chi connectivity index (χ4v) is 4.16. The number of carbonyl (C=O) groups is 1. The second-order valence-corrected chi connectivity index (χ2v) is 6.59. The van der Waals surface area contributed by atoms with Gasteiger partial charge in [-0.3, -0.25) is 4.90 Å². The Hall–Kier alpha value is -1.66. The van der Waals surface area contributed by atoms with E-state index in [0.29, 0.717) is 11.3 Å². The molecule has 21 heavy (non-hydrogen) atoms. The maximum absolute atomic E-state index is 11.1. The average molecular weight is 304 g/mol. The SMILES string of the molecule is O=C(O)c1nsc2cc(OC3CN4CCC3CC4)ccc12. The van der Waals surface area contributed by atoms with Gasteiger partial charge in [0, 0.05) is 11.9 Å². The van der Waals surface area contributed by atoms with Gasteiger partial charge < -0.3 is 9.84 Å². The number of carboxylic acid groups (broad SMARTS) is 1. The number of nitrogens with zero attached hydrogens (tertiary/aromatic N) is 2. The minimum atomic E-state index is -0.979. The number of carboxylic acids is 1. The van der Waals surface area contributed by atoms with Crippen molar-refractivity contribution in [3.8, 4) is 5.75 Å². The fourth-order valence-electron chi connectivity index (χ4n) is 3.36. The number of rotatable bonds is 3. The first-order chi connectivity index (χ1) is 10.2. The molecule has 2 aromatic rings. The van der Waals surface area contributed by atoms with Crippen molar-refractivity contribution in [2.45, 2.75) is 18.9 Å². The van der Waals surface area contributed by atoms with Gasteiger partial charge in [0.25, 0.3) is 0 Å². The number of hydrogen-bond acceptors (Lipinski definition) is 5. The summed E-state index contributed by atoms with van der Waals surface area (Å²) in [4.78, 5) is 13.5. The molecule has 0 saturated carbocycles. The van der Waals surface area contributed by atoms with Crippen LogP contribution in [-0.4, -0.2) is 46.1 Å². The summed E-state index contributed by atoms with van der Waals surface area (Å²) in [5.74, 6) is 0.496. The van der Waals surface area contributed by atoms with Crippen LogP contribution < -0.4 is 4.74 Å². The van der Waals surface area contributed by atoms with E-state index in [4.69, 9.17) is 9.84 Å². The Morgan fingerprint density at radius 2 is 2.19 bits per heavy atom. The third-order valence-corrected chi connectivity index (χ3v) is 5.34. The summed E-state index contributed by atoms with van der Waals surface area (Å²) in [5.41, 5.74) is 0.129. The molecule has 1 N–H and O–H groups in total. The van der Waals surface area contributed by atoms with Gasteiger partial charge in [-0.05, 0) is 61.6 Å². The molecule has 3 aliphatic heterocycles. The van der Waals surface area contributed by atoms with E-state index >= 15 is 0 Å². The van der Waals surface area contributed by atoms with Crippen LogP contribution in [0.3, 0.4) is 0 Å². The van der Waals surface area contributed by atoms with Gasteiger partial charge in [0.05, 0.1) is 4.70 Å². The first kappa shape index (κ1) is 13.0. The molecule has 5 rings (SSSR count). The molecule has 0 aliphatic carbocycles. The fraction of sp³-hybridized carbons (Fsp3) is 0.467. The Morgan fingerprint density at radius 3 is 2.86 bits per heavy atom. The van der Waals surface area contributed by atoms with Gasteiger partial charge in [-0.15, -0.1) is 0 Å². The van der Waals surface area contributed by atoms with Crippen LogP contribution in [0.4, 0.5) is 0 Å². The molecule has 5 nitrogen and oxygen atoms in total. The van der Waals surface area contributed by atoms with E-state index in [9.17, 15) is 4.79 Å². The number of hydrogen-bond donors (Lipinski definition) is 1. The predicted octanol–water partition coefficient (Wildman–Crippen LogP) is 2.47. The quantitative estimate of drug-likeness (QED) is 0.944. The highest BCUT2D eigenvalue weighted by Gasteiger charge is 2.35. The summed E-state index contributed by atoms with van der Waals surface area (Å²) in [6.07, 6.45) is 2.70. The van der Waals surface area contributed by atoms with Gasteiger partial charge in [0.2, 0.25) is 0 Å². The molecule has 1 atom stereocenters. The Bertz CT molecular complexity index is 691. The van der Waals surface area contributed by atoms with E-state index in [1.807, 2.05) is 12.1 Å². The van der Waals surface area contributed by atoms with Gasteiger partial charge >= 0.3 is 5.97 Å². The van der Waals surface area contributed by atoms with Gasteiger partial charge in [-0.2, -0.15) is 4.37 Å². The van der Waals surface area contributed by atoms with Crippen molar-refractivity contribution in [2.24, 2.45) is 5.92 Å². The molecular formula is C15H16N2O3S. The summed E-state index contributed by atoms with van der Waals surface area (Å²) < 4.78 is 11.0. The number of piperidine rings is 3. The molecule has 0 spiro atoms. The van der Waals surface area contributed by atoms with Gasteiger partial charge in [-0.25, -0.2) is 4.79 Å². The van der Waals surface area contributed by atoms with Crippen LogP contribution in [0, 0.1) is 5.92 Å². The first-order valence-corrected chi connectivity index (χ1v) is 8.00. The predicted molar refractivity (Wildman–Crippen MR) is 80.2 cm³/mol. The lowest BCUT2D eigenvalue weighted by molar-refractivity contribution is -0.00768. The van der Waals surface area contributed by atoms with Crippen LogP contribution in [0.25, 0.3) is 10.1 Å². The summed E-state index contributed by atoms with van der Waals surface area (Å²) in [5, 5.41) is 9.77. The summed E-state index contributed by atoms with van der Waals surface area (Å²) in [6, 6.07) is 5.58. The smallest absolute Gasteiger partial charge is 0.356 e. The molecule has 2 bridgehead atoms. The zero-order chi connectivity index (χ0) is 14.4. The van der Waals surface area contributed by atoms with E-state index in [2.05, 4.69) is 9.27 Å². The van der Waals surface area contributed by atoms with E-state index in [1.165, 1.54) is 37.5 Å². The van der Waals surface area contributed by atoms with Crippen molar-refractivity contribution in [3.05, 3.63) is 23.9 Å². The molecule has 3 aliphatic rings. The maximum atomic E-state index is 11.1. The summed E-state index contributed by atoms with van der Waals surface area (Å²) >= 11 is 1.21. The topological polar surface area (TPSA) is 62.7 Å². The monoisotopic (exact) mass is 304 g/mol. The van der Waals surface area contributed by atoms with Crippen LogP contribution in [-0.2, 0) is 0 Å². The van der Waals surface area contributed by atoms with Crippen molar-refractivity contribution in [3.63, 3.8) is 0 Å². The molecule has 3 fully saturated rings. The lowest BCUT2D eigenvalue weighted by Gasteiger charge is -2.44. The highest BCUT2D eigenvalue weighted by atomic mass is 32.1. The third kappa shape index (κ3) is 2.28. The molecule has 0 amide bonds. The molecular weight excluding hydrogens is 288 g/mol. The van der Waals surface area contributed by atoms with E-state index in [-0.39, 0.29) is 11.8 Å². The number of ether oxygens (including phenoxy) is 1. The van der Waals surface area contributed by atoms with E-state index in [1.54, 1.807) is 6.07 Å². The van der Waals surface area contributed by atoms with E-state index < -0.39 is 5.97 Å². The Morgan fingerprint density at radius 1 is 1.38 bits per heavy atom. The molecule has 110 valence electrons. The number of fused-ring (bicyclic) bond motifs is 4. The van der Waals surface area contributed by atoms with Crippen molar-refractivity contribution in [2.75, 3.05) is 19.6 Å². The lowest BCUT2D eigenvalue weighted by atomic mass is 9.86. The first-order valence-electron chi connectivity index (χ1n) is 7.22. The maximum Gasteiger partial charge on any atom is 0.356 e. The number of aromatic nitrogens is 1. The zero-order valence-corrected chi connectivity index (χ0v) is 12.3. The normalized spacial score (nSPS) is 27.9. The molecule has 1 aromatic carbocycles. The summed E-state index contributed by atoms with van der Waals surface area (Å²) in [6.45, 7) is 3.40. The molecule has 3 saturated heterocycles. The Labute approximate surface area is 126 Å². The van der Waals surface area contributed by atoms with Crippen LogP contribution in [0.5, 0.6) is 5.75 Å². The standard InChI is InChI=1S/C15H16N2O3S/c18-15(19)14-11-2-1-10(7-13(11)21-16-14)20-12-8-17-5-3-9(12)4-6-17/h1-2,7,9,12H,3-6,8H2,(H,18,19). The average Bonchev–Trinajstić information content (AvgIpc) is 2.92. The second-order valence-electron chi connectivity index (χ2n) is 5.79. The minimum Gasteiger partial charge on any atom is -0.489 e. The molecule has 1 aromatic heterocycles. The highest BCUT2D eigenvalue weighted by Crippen LogP contribution is 2.33.